The normalized spacial score (nSPS) is 14.3. The number of anilines is 2. The summed E-state index contributed by atoms with van der Waals surface area (Å²) < 4.78 is 0. The summed E-state index contributed by atoms with van der Waals surface area (Å²) in [6.45, 7) is 3.15. The molecule has 1 aliphatic heterocycles. The second kappa shape index (κ2) is 8.69. The number of carboxylic acid groups (broad SMARTS) is 1. The molecule has 1 heterocycles. The summed E-state index contributed by atoms with van der Waals surface area (Å²) in [6.07, 6.45) is -0.873. The molecule has 0 aliphatic carbocycles. The van der Waals surface area contributed by atoms with Crippen molar-refractivity contribution in [3.8, 4) is 0 Å². The molecule has 1 amide bonds. The Morgan fingerprint density at radius 1 is 1.11 bits per heavy atom. The molecule has 0 radical (unpaired) electrons. The number of hydrogen-bond acceptors (Lipinski definition) is 4. The van der Waals surface area contributed by atoms with Crippen LogP contribution >= 0.6 is 23.2 Å². The highest BCUT2D eigenvalue weighted by Crippen LogP contribution is 2.30. The summed E-state index contributed by atoms with van der Waals surface area (Å²) in [5.41, 5.74) is 9.92. The van der Waals surface area contributed by atoms with E-state index >= 15 is 0 Å². The van der Waals surface area contributed by atoms with Gasteiger partial charge in [0, 0.05) is 56.2 Å². The zero-order valence-corrected chi connectivity index (χ0v) is 16.3. The molecule has 1 saturated heterocycles. The average molecular weight is 409 g/mol. The Hall–Kier alpha value is -2.15. The lowest BCUT2D eigenvalue weighted by molar-refractivity contribution is 0.142. The molecule has 0 bridgehead atoms. The minimum absolute atomic E-state index is 0.376. The summed E-state index contributed by atoms with van der Waals surface area (Å²) in [5.74, 6) is 0. The van der Waals surface area contributed by atoms with Gasteiger partial charge in [-0.2, -0.15) is 0 Å². The second-order valence-electron chi connectivity index (χ2n) is 6.33. The molecular formula is C19H22Cl2N4O2. The van der Waals surface area contributed by atoms with Gasteiger partial charge in [0.25, 0.3) is 0 Å². The number of carbonyl (C=O) groups is 1. The Kier molecular flexibility index (Phi) is 6.31. The van der Waals surface area contributed by atoms with E-state index in [1.54, 1.807) is 6.07 Å². The average Bonchev–Trinajstić information content (AvgIpc) is 2.68. The predicted molar refractivity (Wildman–Crippen MR) is 110 cm³/mol. The fourth-order valence-electron chi connectivity index (χ4n) is 3.27. The van der Waals surface area contributed by atoms with Gasteiger partial charge in [-0.15, -0.1) is 0 Å². The van der Waals surface area contributed by atoms with Crippen molar-refractivity contribution in [3.63, 3.8) is 0 Å². The van der Waals surface area contributed by atoms with Gasteiger partial charge in [-0.25, -0.2) is 4.79 Å². The van der Waals surface area contributed by atoms with Crippen LogP contribution in [0.3, 0.4) is 0 Å². The summed E-state index contributed by atoms with van der Waals surface area (Å²) in [6, 6.07) is 11.5. The number of nitrogens with two attached hydrogens (primary N) is 1. The van der Waals surface area contributed by atoms with Gasteiger partial charge >= 0.3 is 6.09 Å². The molecule has 0 saturated carbocycles. The van der Waals surface area contributed by atoms with Crippen LogP contribution in [0.2, 0.25) is 10.0 Å². The number of rotatable bonds is 5. The zero-order chi connectivity index (χ0) is 19.4. The Morgan fingerprint density at radius 3 is 2.48 bits per heavy atom. The van der Waals surface area contributed by atoms with Crippen LogP contribution in [0.1, 0.15) is 11.1 Å². The van der Waals surface area contributed by atoms with Crippen LogP contribution in [0.25, 0.3) is 0 Å². The monoisotopic (exact) mass is 408 g/mol. The van der Waals surface area contributed by atoms with Crippen molar-refractivity contribution >= 4 is 40.7 Å². The van der Waals surface area contributed by atoms with Crippen LogP contribution in [0, 0.1) is 0 Å². The molecule has 3 rings (SSSR count). The van der Waals surface area contributed by atoms with Gasteiger partial charge in [-0.1, -0.05) is 41.4 Å². The number of amides is 1. The minimum Gasteiger partial charge on any atom is -0.465 e. The van der Waals surface area contributed by atoms with Gasteiger partial charge in [-0.3, -0.25) is 0 Å². The lowest BCUT2D eigenvalue weighted by Gasteiger charge is -2.36. The quantitative estimate of drug-likeness (QED) is 0.699. The molecule has 6 nitrogen and oxygen atoms in total. The number of nitrogens with zero attached hydrogens (tertiary/aromatic N) is 2. The maximum atomic E-state index is 11.1. The Labute approximate surface area is 168 Å². The maximum absolute atomic E-state index is 11.1. The van der Waals surface area contributed by atoms with E-state index in [1.807, 2.05) is 30.3 Å². The Bertz CT molecular complexity index is 823. The highest BCUT2D eigenvalue weighted by molar-refractivity contribution is 6.42. The maximum Gasteiger partial charge on any atom is 0.407 e. The number of halogens is 2. The summed E-state index contributed by atoms with van der Waals surface area (Å²) in [5, 5.41) is 13.6. The fraction of sp³-hybridized carbons (Fsp3) is 0.316. The van der Waals surface area contributed by atoms with E-state index < -0.39 is 6.09 Å². The van der Waals surface area contributed by atoms with Gasteiger partial charge in [0.2, 0.25) is 0 Å². The largest absolute Gasteiger partial charge is 0.465 e. The molecule has 0 unspecified atom stereocenters. The number of benzene rings is 2. The van der Waals surface area contributed by atoms with E-state index in [4.69, 9.17) is 34.0 Å². The first kappa shape index (κ1) is 19.6. The van der Waals surface area contributed by atoms with Crippen molar-refractivity contribution in [2.75, 3.05) is 36.4 Å². The van der Waals surface area contributed by atoms with Crippen molar-refractivity contribution in [1.29, 1.82) is 0 Å². The van der Waals surface area contributed by atoms with Crippen molar-refractivity contribution in [1.82, 2.24) is 4.90 Å². The Morgan fingerprint density at radius 2 is 1.81 bits per heavy atom. The third-order valence-electron chi connectivity index (χ3n) is 4.75. The van der Waals surface area contributed by atoms with Crippen LogP contribution in [0.15, 0.2) is 36.4 Å². The number of nitrogens with one attached hydrogen (secondary N) is 1. The standard InChI is InChI=1S/C19H22Cl2N4O2/c20-15-4-1-3-13(18(15)21)12-23-16-5-2-6-17(14(16)11-22)24-7-9-25(10-8-24)19(26)27/h1-6,23H,7-12,22H2,(H,26,27). The van der Waals surface area contributed by atoms with Crippen LogP contribution in [-0.2, 0) is 13.1 Å². The van der Waals surface area contributed by atoms with E-state index in [2.05, 4.69) is 10.2 Å². The highest BCUT2D eigenvalue weighted by Gasteiger charge is 2.22. The molecule has 27 heavy (non-hydrogen) atoms. The van der Waals surface area contributed by atoms with Crippen molar-refractivity contribution in [3.05, 3.63) is 57.6 Å². The first-order chi connectivity index (χ1) is 13.0. The van der Waals surface area contributed by atoms with Crippen molar-refractivity contribution < 1.29 is 9.90 Å². The summed E-state index contributed by atoms with van der Waals surface area (Å²) in [4.78, 5) is 14.7. The molecular weight excluding hydrogens is 387 g/mol. The molecule has 0 atom stereocenters. The van der Waals surface area contributed by atoms with E-state index in [1.165, 1.54) is 4.90 Å². The molecule has 1 aliphatic rings. The summed E-state index contributed by atoms with van der Waals surface area (Å²) >= 11 is 12.4. The van der Waals surface area contributed by atoms with Crippen molar-refractivity contribution in [2.24, 2.45) is 5.73 Å². The van der Waals surface area contributed by atoms with Crippen LogP contribution in [0.4, 0.5) is 16.2 Å². The van der Waals surface area contributed by atoms with E-state index in [9.17, 15) is 4.79 Å². The van der Waals surface area contributed by atoms with Gasteiger partial charge in [-0.05, 0) is 23.8 Å². The van der Waals surface area contributed by atoms with Gasteiger partial charge in [0.15, 0.2) is 0 Å². The van der Waals surface area contributed by atoms with Crippen LogP contribution in [0.5, 0.6) is 0 Å². The number of piperazine rings is 1. The van der Waals surface area contributed by atoms with Crippen LogP contribution < -0.4 is 16.0 Å². The van der Waals surface area contributed by atoms with Gasteiger partial charge in [0.05, 0.1) is 10.0 Å². The molecule has 0 spiro atoms. The third kappa shape index (κ3) is 4.40. The number of hydrogen-bond donors (Lipinski definition) is 3. The van der Waals surface area contributed by atoms with Crippen LogP contribution in [-0.4, -0.2) is 42.3 Å². The fourth-order valence-corrected chi connectivity index (χ4v) is 3.65. The lowest BCUT2D eigenvalue weighted by atomic mass is 10.1. The second-order valence-corrected chi connectivity index (χ2v) is 7.12. The van der Waals surface area contributed by atoms with Crippen molar-refractivity contribution in [2.45, 2.75) is 13.1 Å². The first-order valence-electron chi connectivity index (χ1n) is 8.72. The first-order valence-corrected chi connectivity index (χ1v) is 9.48. The summed E-state index contributed by atoms with van der Waals surface area (Å²) in [7, 11) is 0. The van der Waals surface area contributed by atoms with Gasteiger partial charge in [0.1, 0.15) is 0 Å². The highest BCUT2D eigenvalue weighted by atomic mass is 35.5. The molecule has 2 aromatic carbocycles. The molecule has 8 heteroatoms. The zero-order valence-electron chi connectivity index (χ0n) is 14.8. The van der Waals surface area contributed by atoms with E-state index in [0.29, 0.717) is 49.3 Å². The minimum atomic E-state index is -0.873. The molecule has 0 aromatic heterocycles. The Balaban J connectivity index is 1.76. The molecule has 144 valence electrons. The topological polar surface area (TPSA) is 81.8 Å². The predicted octanol–water partition coefficient (Wildman–Crippen LogP) is 3.86. The third-order valence-corrected chi connectivity index (χ3v) is 5.61. The lowest BCUT2D eigenvalue weighted by Crippen LogP contribution is -2.48. The smallest absolute Gasteiger partial charge is 0.407 e. The van der Waals surface area contributed by atoms with E-state index in [0.717, 1.165) is 22.5 Å². The molecule has 1 fully saturated rings. The SMILES string of the molecule is NCc1c(NCc2cccc(Cl)c2Cl)cccc1N1CCN(C(=O)O)CC1. The van der Waals surface area contributed by atoms with Gasteiger partial charge < -0.3 is 26.0 Å². The van der Waals surface area contributed by atoms with E-state index in [-0.39, 0.29) is 0 Å². The molecule has 4 N–H and O–H groups in total. The molecule has 2 aromatic rings.